The van der Waals surface area contributed by atoms with Crippen LogP contribution in [0.1, 0.15) is 29.7 Å². The van der Waals surface area contributed by atoms with Gasteiger partial charge in [-0.1, -0.05) is 42.5 Å². The predicted octanol–water partition coefficient (Wildman–Crippen LogP) is 4.28. The average molecular weight is 418 g/mol. The van der Waals surface area contributed by atoms with E-state index in [0.717, 1.165) is 38.8 Å². The first-order valence-electron chi connectivity index (χ1n) is 10.4. The molecule has 2 aromatic heterocycles. The predicted molar refractivity (Wildman–Crippen MR) is 121 cm³/mol. The lowest BCUT2D eigenvalue weighted by atomic mass is 9.99. The molecule has 0 spiro atoms. The Kier molecular flexibility index (Phi) is 4.87. The van der Waals surface area contributed by atoms with Crippen molar-refractivity contribution in [1.82, 2.24) is 14.7 Å². The summed E-state index contributed by atoms with van der Waals surface area (Å²) in [6.07, 6.45) is 1.94. The van der Waals surface area contributed by atoms with E-state index in [1.54, 1.807) is 11.3 Å². The molecule has 0 unspecified atom stereocenters. The zero-order chi connectivity index (χ0) is 20.7. The Morgan fingerprint density at radius 1 is 1.10 bits per heavy atom. The van der Waals surface area contributed by atoms with Gasteiger partial charge in [-0.25, -0.2) is 4.68 Å². The third kappa shape index (κ3) is 3.31. The van der Waals surface area contributed by atoms with Gasteiger partial charge >= 0.3 is 0 Å². The Morgan fingerprint density at radius 2 is 1.87 bits per heavy atom. The van der Waals surface area contributed by atoms with Crippen molar-refractivity contribution in [3.05, 3.63) is 75.7 Å². The van der Waals surface area contributed by atoms with Crippen LogP contribution in [0.3, 0.4) is 0 Å². The topological polar surface area (TPSA) is 55.2 Å². The van der Waals surface area contributed by atoms with Crippen LogP contribution in [0.4, 0.5) is 0 Å². The van der Waals surface area contributed by atoms with Crippen LogP contribution >= 0.6 is 11.3 Å². The van der Waals surface area contributed by atoms with E-state index in [1.165, 1.54) is 15.8 Å². The van der Waals surface area contributed by atoms with Gasteiger partial charge in [0.25, 0.3) is 5.56 Å². The zero-order valence-electron chi connectivity index (χ0n) is 16.9. The first-order valence-corrected chi connectivity index (χ1v) is 11.2. The van der Waals surface area contributed by atoms with Crippen molar-refractivity contribution in [3.8, 4) is 0 Å². The first kappa shape index (κ1) is 19.0. The smallest absolute Gasteiger partial charge is 0.276 e. The molecule has 4 aromatic rings. The maximum Gasteiger partial charge on any atom is 0.276 e. The second-order valence-corrected chi connectivity index (χ2v) is 8.91. The van der Waals surface area contributed by atoms with Crippen LogP contribution < -0.4 is 5.56 Å². The van der Waals surface area contributed by atoms with Crippen molar-refractivity contribution in [2.24, 2.45) is 0 Å². The monoisotopic (exact) mass is 417 g/mol. The van der Waals surface area contributed by atoms with Gasteiger partial charge < -0.3 is 4.90 Å². The molecule has 0 bridgehead atoms. The fraction of sp³-hybridized carbons (Fsp3) is 0.292. The Balaban J connectivity index is 1.31. The molecule has 0 aliphatic carbocycles. The number of benzene rings is 2. The molecule has 0 fully saturated rings. The highest BCUT2D eigenvalue weighted by Crippen LogP contribution is 2.32. The normalized spacial score (nSPS) is 13.7. The van der Waals surface area contributed by atoms with Crippen molar-refractivity contribution in [3.63, 3.8) is 0 Å². The minimum atomic E-state index is -0.0626. The molecule has 152 valence electrons. The van der Waals surface area contributed by atoms with E-state index in [0.29, 0.717) is 25.9 Å². The number of hydrogen-bond donors (Lipinski definition) is 0. The summed E-state index contributed by atoms with van der Waals surface area (Å²) in [7, 11) is 0. The fourth-order valence-corrected chi connectivity index (χ4v) is 5.45. The summed E-state index contributed by atoms with van der Waals surface area (Å²) < 4.78 is 3.60. The minimum absolute atomic E-state index is 0.0626. The molecule has 0 saturated heterocycles. The molecule has 0 saturated carbocycles. The fourth-order valence-electron chi connectivity index (χ4n) is 4.31. The van der Waals surface area contributed by atoms with E-state index in [-0.39, 0.29) is 11.5 Å². The third-order valence-corrected chi connectivity index (χ3v) is 7.17. The number of carbonyl (C=O) groups excluding carboxylic acids is 1. The van der Waals surface area contributed by atoms with Crippen LogP contribution in [-0.4, -0.2) is 27.1 Å². The lowest BCUT2D eigenvalue weighted by Crippen LogP contribution is -2.36. The number of amides is 1. The number of carbonyl (C=O) groups is 1. The first-order chi connectivity index (χ1) is 14.6. The summed E-state index contributed by atoms with van der Waals surface area (Å²) in [5.41, 5.74) is 3.38. The highest BCUT2D eigenvalue weighted by atomic mass is 32.1. The molecule has 1 aliphatic rings. The molecule has 0 atom stereocenters. The van der Waals surface area contributed by atoms with Gasteiger partial charge in [0.15, 0.2) is 0 Å². The van der Waals surface area contributed by atoms with Gasteiger partial charge in [-0.05, 0) is 37.0 Å². The van der Waals surface area contributed by atoms with Gasteiger partial charge in [0.2, 0.25) is 5.91 Å². The molecule has 0 N–H and O–H groups in total. The number of nitrogens with zero attached hydrogens (tertiary/aromatic N) is 3. The molecule has 0 radical (unpaired) electrons. The number of rotatable bonds is 4. The molecule has 3 heterocycles. The van der Waals surface area contributed by atoms with Gasteiger partial charge in [-0.2, -0.15) is 5.10 Å². The quantitative estimate of drug-likeness (QED) is 0.498. The van der Waals surface area contributed by atoms with Gasteiger partial charge in [-0.15, -0.1) is 11.3 Å². The summed E-state index contributed by atoms with van der Waals surface area (Å²) in [5, 5.41) is 6.27. The molecular formula is C24H23N3O2S. The standard InChI is InChI=1S/C24H23N3O2S/c1-16-23-22(19-9-4-5-10-20(19)30-23)24(29)27(25-16)13-6-11-21(28)26-14-12-17-7-2-3-8-18(17)15-26/h2-5,7-10H,6,11-15H2,1H3. The maximum atomic E-state index is 13.1. The molecule has 30 heavy (non-hydrogen) atoms. The molecular weight excluding hydrogens is 394 g/mol. The van der Waals surface area contributed by atoms with Crippen LogP contribution in [0.2, 0.25) is 0 Å². The van der Waals surface area contributed by atoms with Crippen LogP contribution in [0.5, 0.6) is 0 Å². The molecule has 6 heteroatoms. The summed E-state index contributed by atoms with van der Waals surface area (Å²) in [4.78, 5) is 27.7. The highest BCUT2D eigenvalue weighted by Gasteiger charge is 2.20. The molecule has 1 aliphatic heterocycles. The van der Waals surface area contributed by atoms with E-state index in [9.17, 15) is 9.59 Å². The van der Waals surface area contributed by atoms with Crippen LogP contribution in [0.15, 0.2) is 53.3 Å². The van der Waals surface area contributed by atoms with E-state index in [4.69, 9.17) is 0 Å². The second-order valence-electron chi connectivity index (χ2n) is 7.85. The number of thiophene rings is 1. The summed E-state index contributed by atoms with van der Waals surface area (Å²) in [5.74, 6) is 0.149. The SMILES string of the molecule is Cc1nn(CCCC(=O)N2CCc3ccccc3C2)c(=O)c2c1sc1ccccc12. The van der Waals surface area contributed by atoms with Gasteiger partial charge in [-0.3, -0.25) is 9.59 Å². The molecule has 5 nitrogen and oxygen atoms in total. The molecule has 2 aromatic carbocycles. The van der Waals surface area contributed by atoms with Gasteiger partial charge in [0, 0.05) is 36.1 Å². The van der Waals surface area contributed by atoms with Crippen molar-refractivity contribution < 1.29 is 4.79 Å². The molecule has 1 amide bonds. The highest BCUT2D eigenvalue weighted by molar-refractivity contribution is 7.26. The number of aryl methyl sites for hydroxylation is 2. The lowest BCUT2D eigenvalue weighted by molar-refractivity contribution is -0.132. The number of aromatic nitrogens is 2. The third-order valence-electron chi connectivity index (χ3n) is 5.89. The van der Waals surface area contributed by atoms with Crippen LogP contribution in [0.25, 0.3) is 20.2 Å². The van der Waals surface area contributed by atoms with Crippen LogP contribution in [-0.2, 0) is 24.3 Å². The summed E-state index contributed by atoms with van der Waals surface area (Å²) >= 11 is 1.62. The van der Waals surface area contributed by atoms with E-state index in [2.05, 4.69) is 23.3 Å². The molecule has 5 rings (SSSR count). The lowest BCUT2D eigenvalue weighted by Gasteiger charge is -2.29. The van der Waals surface area contributed by atoms with E-state index in [1.807, 2.05) is 42.2 Å². The maximum absolute atomic E-state index is 13.1. The summed E-state index contributed by atoms with van der Waals surface area (Å²) in [6.45, 7) is 3.85. The number of hydrogen-bond acceptors (Lipinski definition) is 4. The van der Waals surface area contributed by atoms with Crippen molar-refractivity contribution in [1.29, 1.82) is 0 Å². The Bertz CT molecular complexity index is 1320. The van der Waals surface area contributed by atoms with Crippen molar-refractivity contribution in [2.75, 3.05) is 6.54 Å². The zero-order valence-corrected chi connectivity index (χ0v) is 17.7. The van der Waals surface area contributed by atoms with Gasteiger partial charge in [0.05, 0.1) is 15.8 Å². The summed E-state index contributed by atoms with van der Waals surface area (Å²) in [6, 6.07) is 16.3. The van der Waals surface area contributed by atoms with Gasteiger partial charge in [0.1, 0.15) is 0 Å². The van der Waals surface area contributed by atoms with Crippen LogP contribution in [0, 0.1) is 6.92 Å². The number of fused-ring (bicyclic) bond motifs is 4. The van der Waals surface area contributed by atoms with Crippen molar-refractivity contribution >= 4 is 37.4 Å². The largest absolute Gasteiger partial charge is 0.338 e. The minimum Gasteiger partial charge on any atom is -0.338 e. The second kappa shape index (κ2) is 7.69. The average Bonchev–Trinajstić information content (AvgIpc) is 3.17. The van der Waals surface area contributed by atoms with E-state index >= 15 is 0 Å². The Labute approximate surface area is 178 Å². The van der Waals surface area contributed by atoms with E-state index < -0.39 is 0 Å². The Morgan fingerprint density at radius 3 is 2.73 bits per heavy atom. The Hall–Kier alpha value is -2.99. The van der Waals surface area contributed by atoms with Crippen molar-refractivity contribution in [2.45, 2.75) is 39.3 Å².